The molecule has 1 aliphatic rings. The zero-order valence-corrected chi connectivity index (χ0v) is 27.2. The van der Waals surface area contributed by atoms with Crippen LogP contribution in [0.5, 0.6) is 11.5 Å². The molecule has 1 amide bonds. The minimum atomic E-state index is -0.831. The van der Waals surface area contributed by atoms with Crippen LogP contribution in [0.25, 0.3) is 17.4 Å². The highest BCUT2D eigenvalue weighted by atomic mass is 35.5. The molecule has 0 N–H and O–H groups in total. The van der Waals surface area contributed by atoms with E-state index in [0.29, 0.717) is 72.9 Å². The number of likely N-dealkylation sites (N-methyl/N-ethyl adjacent to an activating group) is 1. The van der Waals surface area contributed by atoms with Gasteiger partial charge in [0.25, 0.3) is 11.5 Å². The fourth-order valence-electron chi connectivity index (χ4n) is 5.34. The van der Waals surface area contributed by atoms with Crippen LogP contribution in [0.15, 0.2) is 74.0 Å². The van der Waals surface area contributed by atoms with Gasteiger partial charge in [-0.3, -0.25) is 14.2 Å². The maximum Gasteiger partial charge on any atom is 0.338 e. The molecule has 2 aromatic carbocycles. The molecule has 4 aromatic rings. The number of benzene rings is 2. The molecule has 0 spiro atoms. The molecule has 0 saturated heterocycles. The Morgan fingerprint density at radius 2 is 1.82 bits per heavy atom. The molecular weight excluding hydrogens is 618 g/mol. The van der Waals surface area contributed by atoms with E-state index < -0.39 is 12.0 Å². The first-order valence-corrected chi connectivity index (χ1v) is 15.4. The van der Waals surface area contributed by atoms with Crippen molar-refractivity contribution < 1.29 is 28.2 Å². The third kappa shape index (κ3) is 5.93. The van der Waals surface area contributed by atoms with Gasteiger partial charge in [0.05, 0.1) is 42.7 Å². The van der Waals surface area contributed by atoms with Crippen LogP contribution in [0, 0.1) is 0 Å². The van der Waals surface area contributed by atoms with E-state index in [1.165, 1.54) is 30.1 Å². The van der Waals surface area contributed by atoms with E-state index >= 15 is 0 Å². The number of nitrogens with zero attached hydrogens (tertiary/aromatic N) is 3. The number of hydrogen-bond acceptors (Lipinski definition) is 9. The highest BCUT2D eigenvalue weighted by Crippen LogP contribution is 2.38. The van der Waals surface area contributed by atoms with Crippen molar-refractivity contribution >= 4 is 40.9 Å². The third-order valence-corrected chi connectivity index (χ3v) is 8.80. The van der Waals surface area contributed by atoms with Crippen molar-refractivity contribution in [2.24, 2.45) is 4.99 Å². The van der Waals surface area contributed by atoms with Gasteiger partial charge in [-0.1, -0.05) is 22.9 Å². The summed E-state index contributed by atoms with van der Waals surface area (Å²) in [5.74, 6) is 1.03. The van der Waals surface area contributed by atoms with Gasteiger partial charge < -0.3 is 23.5 Å². The number of hydrogen-bond donors (Lipinski definition) is 0. The van der Waals surface area contributed by atoms with Crippen molar-refractivity contribution in [1.82, 2.24) is 9.47 Å². The number of thiazole rings is 1. The van der Waals surface area contributed by atoms with E-state index in [2.05, 4.69) is 0 Å². The lowest BCUT2D eigenvalue weighted by Gasteiger charge is -2.30. The SMILES string of the molecule is CCN(CC)C(=O)C1=C(C)N=c2s/c(=C\c3ccc(-c4cc(Cl)ccc4C(=O)OC)o3)c(=O)n2[C@@H]1c1cc(OC)ccc1OC. The van der Waals surface area contributed by atoms with E-state index in [9.17, 15) is 14.4 Å². The normalized spacial score (nSPS) is 14.6. The van der Waals surface area contributed by atoms with Crippen LogP contribution in [-0.4, -0.2) is 55.8 Å². The van der Waals surface area contributed by atoms with Crippen molar-refractivity contribution in [1.29, 1.82) is 0 Å². The first kappa shape index (κ1) is 31.8. The van der Waals surface area contributed by atoms with Gasteiger partial charge in [-0.25, -0.2) is 9.79 Å². The van der Waals surface area contributed by atoms with Gasteiger partial charge in [0.1, 0.15) is 29.1 Å². The van der Waals surface area contributed by atoms with Crippen LogP contribution in [0.3, 0.4) is 0 Å². The summed E-state index contributed by atoms with van der Waals surface area (Å²) in [6.45, 7) is 6.56. The largest absolute Gasteiger partial charge is 0.497 e. The molecule has 5 rings (SSSR count). The average Bonchev–Trinajstić information content (AvgIpc) is 3.63. The predicted octanol–water partition coefficient (Wildman–Crippen LogP) is 4.82. The zero-order valence-electron chi connectivity index (χ0n) is 25.7. The first-order chi connectivity index (χ1) is 21.6. The van der Waals surface area contributed by atoms with Crippen molar-refractivity contribution in [3.05, 3.63) is 101 Å². The van der Waals surface area contributed by atoms with Crippen LogP contribution >= 0.6 is 22.9 Å². The summed E-state index contributed by atoms with van der Waals surface area (Å²) in [5, 5.41) is 0.419. The maximum atomic E-state index is 14.2. The van der Waals surface area contributed by atoms with Gasteiger partial charge in [-0.05, 0) is 69.3 Å². The molecule has 0 fully saturated rings. The number of allylic oxidation sites excluding steroid dienone is 1. The Balaban J connectivity index is 1.69. The summed E-state index contributed by atoms with van der Waals surface area (Å²) in [5.41, 5.74) is 1.85. The predicted molar refractivity (Wildman–Crippen MR) is 172 cm³/mol. The van der Waals surface area contributed by atoms with Crippen LogP contribution < -0.4 is 24.4 Å². The van der Waals surface area contributed by atoms with E-state index in [0.717, 1.165) is 0 Å². The molecular formula is C33H32ClN3O7S. The number of carbonyl (C=O) groups excluding carboxylic acids is 2. The number of esters is 1. The monoisotopic (exact) mass is 649 g/mol. The Morgan fingerprint density at radius 1 is 1.07 bits per heavy atom. The fourth-order valence-corrected chi connectivity index (χ4v) is 6.53. The van der Waals surface area contributed by atoms with Crippen LogP contribution in [0.4, 0.5) is 0 Å². The Morgan fingerprint density at radius 3 is 2.49 bits per heavy atom. The van der Waals surface area contributed by atoms with Gasteiger partial charge in [0, 0.05) is 35.3 Å². The number of halogens is 1. The summed E-state index contributed by atoms with van der Waals surface area (Å²) >= 11 is 7.39. The Hall–Kier alpha value is -4.61. The fraction of sp³-hybridized carbons (Fsp3) is 0.273. The number of rotatable bonds is 9. The van der Waals surface area contributed by atoms with Gasteiger partial charge in [-0.15, -0.1) is 0 Å². The van der Waals surface area contributed by atoms with Crippen molar-refractivity contribution in [3.8, 4) is 22.8 Å². The highest BCUT2D eigenvalue weighted by molar-refractivity contribution is 7.07. The number of methoxy groups -OCH3 is 3. The van der Waals surface area contributed by atoms with Crippen molar-refractivity contribution in [2.45, 2.75) is 26.8 Å². The van der Waals surface area contributed by atoms with Crippen LogP contribution in [-0.2, 0) is 9.53 Å². The molecule has 3 heterocycles. The summed E-state index contributed by atoms with van der Waals surface area (Å²) in [6, 6.07) is 12.6. The lowest BCUT2D eigenvalue weighted by Crippen LogP contribution is -2.43. The van der Waals surface area contributed by atoms with E-state index in [1.54, 1.807) is 73.5 Å². The quantitative estimate of drug-likeness (QED) is 0.239. The lowest BCUT2D eigenvalue weighted by molar-refractivity contribution is -0.127. The van der Waals surface area contributed by atoms with Crippen molar-refractivity contribution in [2.75, 3.05) is 34.4 Å². The van der Waals surface area contributed by atoms with Crippen LogP contribution in [0.1, 0.15) is 48.5 Å². The number of fused-ring (bicyclic) bond motifs is 1. The number of amides is 1. The number of ether oxygens (including phenoxy) is 3. The second-order valence-corrected chi connectivity index (χ2v) is 11.5. The molecule has 12 heteroatoms. The van der Waals surface area contributed by atoms with E-state index in [4.69, 9.17) is 35.2 Å². The van der Waals surface area contributed by atoms with Gasteiger partial charge in [-0.2, -0.15) is 0 Å². The molecule has 0 unspecified atom stereocenters. The lowest BCUT2D eigenvalue weighted by atomic mass is 9.93. The molecule has 0 aliphatic carbocycles. The summed E-state index contributed by atoms with van der Waals surface area (Å²) in [6.07, 6.45) is 1.61. The topological polar surface area (TPSA) is 113 Å². The molecule has 234 valence electrons. The summed E-state index contributed by atoms with van der Waals surface area (Å²) in [4.78, 5) is 47.3. The average molecular weight is 650 g/mol. The molecule has 10 nitrogen and oxygen atoms in total. The number of aromatic nitrogens is 1. The minimum absolute atomic E-state index is 0.219. The number of carbonyl (C=O) groups is 2. The molecule has 2 aromatic heterocycles. The minimum Gasteiger partial charge on any atom is -0.497 e. The maximum absolute atomic E-state index is 14.2. The highest BCUT2D eigenvalue weighted by Gasteiger charge is 2.36. The van der Waals surface area contributed by atoms with Gasteiger partial charge >= 0.3 is 5.97 Å². The molecule has 45 heavy (non-hydrogen) atoms. The molecule has 0 radical (unpaired) electrons. The molecule has 1 aliphatic heterocycles. The molecule has 0 bridgehead atoms. The zero-order chi connectivity index (χ0) is 32.4. The van der Waals surface area contributed by atoms with E-state index in [1.807, 2.05) is 13.8 Å². The molecule has 1 atom stereocenters. The second-order valence-electron chi connectivity index (χ2n) is 10.1. The Kier molecular flexibility index (Phi) is 9.31. The smallest absolute Gasteiger partial charge is 0.338 e. The van der Waals surface area contributed by atoms with Gasteiger partial charge in [0.15, 0.2) is 4.80 Å². The Labute approximate surface area is 268 Å². The van der Waals surface area contributed by atoms with Crippen molar-refractivity contribution in [3.63, 3.8) is 0 Å². The number of furan rings is 1. The third-order valence-electron chi connectivity index (χ3n) is 7.59. The van der Waals surface area contributed by atoms with Gasteiger partial charge in [0.2, 0.25) is 0 Å². The first-order valence-electron chi connectivity index (χ1n) is 14.2. The Bertz CT molecular complexity index is 2000. The van der Waals surface area contributed by atoms with Crippen LogP contribution in [0.2, 0.25) is 5.02 Å². The summed E-state index contributed by atoms with van der Waals surface area (Å²) < 4.78 is 24.1. The summed E-state index contributed by atoms with van der Waals surface area (Å²) in [7, 11) is 4.39. The van der Waals surface area contributed by atoms with E-state index in [-0.39, 0.29) is 17.0 Å². The standard InChI is InChI=1S/C33H32ClN3O7S/c1-7-36(8-2)31(39)28-18(3)35-33-37(29(28)24-16-20(41-4)10-13-25(24)42-5)30(38)27(45-33)17-21-11-14-26(44-21)23-15-19(34)9-12-22(23)32(40)43-6/h9-17,29H,7-8H2,1-6H3/b27-17-/t29-/m1/s1. The second kappa shape index (κ2) is 13.2. The molecule has 0 saturated carbocycles.